The van der Waals surface area contributed by atoms with Crippen molar-refractivity contribution in [2.45, 2.75) is 12.3 Å². The van der Waals surface area contributed by atoms with Gasteiger partial charge in [0.25, 0.3) is 5.91 Å². The van der Waals surface area contributed by atoms with Crippen LogP contribution in [0.1, 0.15) is 5.56 Å². The number of benzene rings is 1. The Balaban J connectivity index is 2.77. The van der Waals surface area contributed by atoms with Crippen LogP contribution in [0.2, 0.25) is 0 Å². The number of carbonyl (C=O) groups is 1. The van der Waals surface area contributed by atoms with Crippen molar-refractivity contribution >= 4 is 11.6 Å². The molecule has 0 saturated carbocycles. The van der Waals surface area contributed by atoms with Gasteiger partial charge in [-0.3, -0.25) is 4.79 Å². The lowest BCUT2D eigenvalue weighted by molar-refractivity contribution is -0.137. The summed E-state index contributed by atoms with van der Waals surface area (Å²) < 4.78 is 36.6. The zero-order valence-corrected chi connectivity index (χ0v) is 8.32. The lowest BCUT2D eigenvalue weighted by atomic mass is 10.2. The minimum atomic E-state index is -4.45. The monoisotopic (exact) mass is 244 g/mol. The number of nitriles is 1. The van der Waals surface area contributed by atoms with Gasteiger partial charge in [-0.1, -0.05) is 0 Å². The molecule has 7 heteroatoms. The number of amides is 1. The number of carbonyl (C=O) groups excluding carboxylic acids is 1. The van der Waals surface area contributed by atoms with Crippen LogP contribution in [0.3, 0.4) is 0 Å². The van der Waals surface area contributed by atoms with E-state index in [1.54, 1.807) is 0 Å². The Kier molecular flexibility index (Phi) is 3.70. The molecule has 0 heterocycles. The predicted octanol–water partition coefficient (Wildman–Crippen LogP) is 1.53. The minimum Gasteiger partial charge on any atom is -0.370 e. The SMILES string of the molecule is N#CC(O)C(=O)Nc1ccc(C(F)(F)F)cc1. The van der Waals surface area contributed by atoms with Crippen LogP contribution in [0.25, 0.3) is 0 Å². The van der Waals surface area contributed by atoms with Crippen molar-refractivity contribution < 1.29 is 23.1 Å². The molecule has 0 aliphatic carbocycles. The van der Waals surface area contributed by atoms with Gasteiger partial charge in [-0.2, -0.15) is 18.4 Å². The fourth-order valence-electron chi connectivity index (χ4n) is 1.01. The molecule has 2 N–H and O–H groups in total. The van der Waals surface area contributed by atoms with Gasteiger partial charge in [0.1, 0.15) is 6.07 Å². The topological polar surface area (TPSA) is 73.1 Å². The summed E-state index contributed by atoms with van der Waals surface area (Å²) in [6, 6.07) is 4.92. The molecule has 0 radical (unpaired) electrons. The number of alkyl halides is 3. The number of hydrogen-bond donors (Lipinski definition) is 2. The summed E-state index contributed by atoms with van der Waals surface area (Å²) in [6.45, 7) is 0. The normalized spacial score (nSPS) is 12.6. The lowest BCUT2D eigenvalue weighted by Gasteiger charge is -2.08. The highest BCUT2D eigenvalue weighted by Crippen LogP contribution is 2.29. The second kappa shape index (κ2) is 4.84. The molecule has 1 rings (SSSR count). The largest absolute Gasteiger partial charge is 0.416 e. The number of rotatable bonds is 2. The lowest BCUT2D eigenvalue weighted by Crippen LogP contribution is -2.25. The number of aliphatic hydroxyl groups is 1. The predicted molar refractivity (Wildman–Crippen MR) is 51.7 cm³/mol. The summed E-state index contributed by atoms with van der Waals surface area (Å²) >= 11 is 0. The second-order valence-corrected chi connectivity index (χ2v) is 3.10. The molecule has 17 heavy (non-hydrogen) atoms. The van der Waals surface area contributed by atoms with Crippen molar-refractivity contribution in [1.82, 2.24) is 0 Å². The van der Waals surface area contributed by atoms with Crippen LogP contribution in [0.5, 0.6) is 0 Å². The first kappa shape index (κ1) is 13.0. The van der Waals surface area contributed by atoms with Crippen molar-refractivity contribution in [1.29, 1.82) is 5.26 Å². The highest BCUT2D eigenvalue weighted by molar-refractivity contribution is 5.95. The van der Waals surface area contributed by atoms with Crippen LogP contribution in [0.15, 0.2) is 24.3 Å². The fraction of sp³-hybridized carbons (Fsp3) is 0.200. The Morgan fingerprint density at radius 3 is 2.29 bits per heavy atom. The van der Waals surface area contributed by atoms with Crippen molar-refractivity contribution in [3.63, 3.8) is 0 Å². The molecule has 1 unspecified atom stereocenters. The molecular weight excluding hydrogens is 237 g/mol. The number of hydrogen-bond acceptors (Lipinski definition) is 3. The van der Waals surface area contributed by atoms with Crippen LogP contribution in [0, 0.1) is 11.3 Å². The molecule has 1 amide bonds. The van der Waals surface area contributed by atoms with Crippen LogP contribution >= 0.6 is 0 Å². The van der Waals surface area contributed by atoms with E-state index in [1.165, 1.54) is 6.07 Å². The van der Waals surface area contributed by atoms with Crippen molar-refractivity contribution in [3.05, 3.63) is 29.8 Å². The van der Waals surface area contributed by atoms with Gasteiger partial charge in [0.15, 0.2) is 0 Å². The van der Waals surface area contributed by atoms with Gasteiger partial charge >= 0.3 is 6.18 Å². The standard InChI is InChI=1S/C10H7F3N2O2/c11-10(12,13)6-1-3-7(4-2-6)15-9(17)8(16)5-14/h1-4,8,16H,(H,15,17). The first-order valence-electron chi connectivity index (χ1n) is 4.40. The molecule has 1 aromatic carbocycles. The van der Waals surface area contributed by atoms with Crippen LogP contribution in [-0.4, -0.2) is 17.1 Å². The maximum atomic E-state index is 12.2. The van der Waals surface area contributed by atoms with Gasteiger partial charge in [0, 0.05) is 5.69 Å². The zero-order chi connectivity index (χ0) is 13.1. The van der Waals surface area contributed by atoms with Crippen molar-refractivity contribution in [2.75, 3.05) is 5.32 Å². The minimum absolute atomic E-state index is 0.0669. The smallest absolute Gasteiger partial charge is 0.370 e. The van der Waals surface area contributed by atoms with Gasteiger partial charge in [-0.15, -0.1) is 0 Å². The average molecular weight is 244 g/mol. The molecule has 4 nitrogen and oxygen atoms in total. The molecule has 0 aliphatic rings. The van der Waals surface area contributed by atoms with Crippen LogP contribution < -0.4 is 5.32 Å². The quantitative estimate of drug-likeness (QED) is 0.775. The second-order valence-electron chi connectivity index (χ2n) is 3.10. The summed E-state index contributed by atoms with van der Waals surface area (Å²) in [6.07, 6.45) is -6.30. The summed E-state index contributed by atoms with van der Waals surface area (Å²) in [5, 5.41) is 19.1. The highest BCUT2D eigenvalue weighted by atomic mass is 19.4. The first-order valence-corrected chi connectivity index (χ1v) is 4.40. The van der Waals surface area contributed by atoms with Gasteiger partial charge in [-0.05, 0) is 24.3 Å². The average Bonchev–Trinajstić information content (AvgIpc) is 2.27. The third kappa shape index (κ3) is 3.46. The van der Waals surface area contributed by atoms with Crippen molar-refractivity contribution in [2.24, 2.45) is 0 Å². The van der Waals surface area contributed by atoms with Gasteiger partial charge in [-0.25, -0.2) is 0 Å². The van der Waals surface area contributed by atoms with E-state index in [0.717, 1.165) is 24.3 Å². The summed E-state index contributed by atoms with van der Waals surface area (Å²) in [7, 11) is 0. The molecule has 0 bridgehead atoms. The molecule has 0 aliphatic heterocycles. The number of halogens is 3. The third-order valence-corrected chi connectivity index (χ3v) is 1.85. The zero-order valence-electron chi connectivity index (χ0n) is 8.32. The number of nitrogens with zero attached hydrogens (tertiary/aromatic N) is 1. The Hall–Kier alpha value is -2.07. The number of aliphatic hydroxyl groups excluding tert-OH is 1. The Labute approximate surface area is 94.3 Å². The Bertz CT molecular complexity index is 448. The van der Waals surface area contributed by atoms with E-state index in [1.807, 2.05) is 0 Å². The highest BCUT2D eigenvalue weighted by Gasteiger charge is 2.30. The molecule has 1 aromatic rings. The summed E-state index contributed by atoms with van der Waals surface area (Å²) in [5.74, 6) is -0.993. The van der Waals surface area contributed by atoms with Gasteiger partial charge < -0.3 is 10.4 Å². The number of anilines is 1. The first-order chi connectivity index (χ1) is 7.84. The van der Waals surface area contributed by atoms with E-state index < -0.39 is 23.8 Å². The van der Waals surface area contributed by atoms with Crippen LogP contribution in [-0.2, 0) is 11.0 Å². The number of nitrogens with one attached hydrogen (secondary N) is 1. The van der Waals surface area contributed by atoms with E-state index >= 15 is 0 Å². The van der Waals surface area contributed by atoms with E-state index in [2.05, 4.69) is 5.32 Å². The molecule has 0 fully saturated rings. The van der Waals surface area contributed by atoms with E-state index in [-0.39, 0.29) is 5.69 Å². The molecule has 90 valence electrons. The summed E-state index contributed by atoms with van der Waals surface area (Å²) in [5.41, 5.74) is -0.784. The maximum absolute atomic E-state index is 12.2. The maximum Gasteiger partial charge on any atom is 0.416 e. The van der Waals surface area contributed by atoms with Crippen LogP contribution in [0.4, 0.5) is 18.9 Å². The van der Waals surface area contributed by atoms with E-state index in [9.17, 15) is 18.0 Å². The molecule has 1 atom stereocenters. The molecular formula is C10H7F3N2O2. The van der Waals surface area contributed by atoms with E-state index in [0.29, 0.717) is 0 Å². The molecule has 0 saturated heterocycles. The fourth-order valence-corrected chi connectivity index (χ4v) is 1.01. The summed E-state index contributed by atoms with van der Waals surface area (Å²) in [4.78, 5) is 11.0. The third-order valence-electron chi connectivity index (χ3n) is 1.85. The molecule has 0 spiro atoms. The Morgan fingerprint density at radius 1 is 1.35 bits per heavy atom. The van der Waals surface area contributed by atoms with Gasteiger partial charge in [0.2, 0.25) is 6.10 Å². The van der Waals surface area contributed by atoms with Gasteiger partial charge in [0.05, 0.1) is 5.56 Å². The Morgan fingerprint density at radius 2 is 1.88 bits per heavy atom. The molecule has 0 aromatic heterocycles. The van der Waals surface area contributed by atoms with E-state index in [4.69, 9.17) is 10.4 Å². The van der Waals surface area contributed by atoms with Crippen molar-refractivity contribution in [3.8, 4) is 6.07 Å².